The highest BCUT2D eigenvalue weighted by Gasteiger charge is 2.50. The molecule has 2 aromatic carbocycles. The number of phenols is 2. The van der Waals surface area contributed by atoms with Gasteiger partial charge in [-0.1, -0.05) is 12.1 Å². The molecule has 2 aromatic rings. The molecule has 0 radical (unpaired) electrons. The van der Waals surface area contributed by atoms with Crippen LogP contribution in [0.1, 0.15) is 75.3 Å². The van der Waals surface area contributed by atoms with Crippen LogP contribution >= 0.6 is 0 Å². The second kappa shape index (κ2) is 12.9. The van der Waals surface area contributed by atoms with Crippen molar-refractivity contribution in [2.45, 2.75) is 81.0 Å². The quantitative estimate of drug-likeness (QED) is 0.126. The minimum Gasteiger partial charge on any atom is -0.507 e. The zero-order valence-corrected chi connectivity index (χ0v) is 26.3. The fourth-order valence-electron chi connectivity index (χ4n) is 7.24. The third kappa shape index (κ3) is 5.69. The van der Waals surface area contributed by atoms with Gasteiger partial charge in [0, 0.05) is 48.5 Å². The van der Waals surface area contributed by atoms with Crippen LogP contribution in [0, 0.1) is 0 Å². The normalized spacial score (nSPS) is 31.2. The lowest BCUT2D eigenvalue weighted by atomic mass is 9.72. The number of aromatic hydroxyl groups is 2. The van der Waals surface area contributed by atoms with Gasteiger partial charge in [-0.15, -0.1) is 0 Å². The Bertz CT molecular complexity index is 1680. The molecule has 2 heterocycles. The van der Waals surface area contributed by atoms with Crippen molar-refractivity contribution >= 4 is 23.1 Å². The number of methoxy groups -OCH3 is 1. The summed E-state index contributed by atoms with van der Waals surface area (Å²) < 4.78 is 17.4. The lowest BCUT2D eigenvalue weighted by Gasteiger charge is -2.43. The zero-order chi connectivity index (χ0) is 34.7. The Labute approximate surface area is 274 Å². The number of hydrogen-bond acceptors (Lipinski definition) is 15. The molecule has 2 aliphatic carbocycles. The van der Waals surface area contributed by atoms with Crippen LogP contribution in [-0.2, 0) is 25.5 Å². The molecule has 8 N–H and O–H groups in total. The van der Waals surface area contributed by atoms with Gasteiger partial charge >= 0.3 is 0 Å². The maximum absolute atomic E-state index is 13.8. The van der Waals surface area contributed by atoms with Gasteiger partial charge in [-0.3, -0.25) is 19.2 Å². The molecule has 0 spiro atoms. The molecule has 8 atom stereocenters. The molecule has 48 heavy (non-hydrogen) atoms. The first-order chi connectivity index (χ1) is 22.8. The number of hydrogen-bond donors (Lipinski definition) is 8. The fraction of sp³-hybridized carbons (Fsp3) is 0.515. The van der Waals surface area contributed by atoms with E-state index < -0.39 is 108 Å². The highest BCUT2D eigenvalue weighted by molar-refractivity contribution is 6.31. The van der Waals surface area contributed by atoms with Crippen molar-refractivity contribution < 1.29 is 64.0 Å². The Morgan fingerprint density at radius 3 is 2.48 bits per heavy atom. The van der Waals surface area contributed by atoms with Gasteiger partial charge in [0.15, 0.2) is 23.6 Å². The topological polar surface area (TPSA) is 241 Å². The monoisotopic (exact) mass is 670 g/mol. The van der Waals surface area contributed by atoms with Gasteiger partial charge < -0.3 is 55.5 Å². The SMILES string of the molecule is COc1cccc2c1C(=O)c1c(O)c3c(c(O)c1C2=O)CC(O)(C(=O)CO)CC3OC1CC(NCC(=O)[C@@H]2CC(O)CN2)C(O)C(C)O1. The molecule has 0 bridgehead atoms. The van der Waals surface area contributed by atoms with Gasteiger partial charge in [-0.05, 0) is 19.4 Å². The Kier molecular flexibility index (Phi) is 9.16. The van der Waals surface area contributed by atoms with Gasteiger partial charge in [0.1, 0.15) is 29.5 Å². The Morgan fingerprint density at radius 2 is 1.81 bits per heavy atom. The van der Waals surface area contributed by atoms with Crippen LogP contribution in [0.5, 0.6) is 17.2 Å². The van der Waals surface area contributed by atoms with Crippen molar-refractivity contribution in [3.05, 3.63) is 51.6 Å². The molecule has 6 rings (SSSR count). The lowest BCUT2D eigenvalue weighted by Crippen LogP contribution is -2.56. The first-order valence-corrected chi connectivity index (χ1v) is 15.7. The van der Waals surface area contributed by atoms with Crippen LogP contribution < -0.4 is 15.4 Å². The largest absolute Gasteiger partial charge is 0.507 e. The van der Waals surface area contributed by atoms with Crippen LogP contribution in [0.2, 0.25) is 0 Å². The van der Waals surface area contributed by atoms with Crippen LogP contribution in [0.25, 0.3) is 0 Å². The van der Waals surface area contributed by atoms with E-state index in [9.17, 15) is 49.8 Å². The molecule has 7 unspecified atom stereocenters. The number of rotatable bonds is 9. The molecule has 258 valence electrons. The van der Waals surface area contributed by atoms with Gasteiger partial charge in [-0.2, -0.15) is 0 Å². The average Bonchev–Trinajstić information content (AvgIpc) is 3.51. The maximum Gasteiger partial charge on any atom is 0.202 e. The number of ketones is 4. The number of Topliss-reactive ketones (excluding diaryl/α,β-unsaturated/α-hetero) is 2. The standard InChI is InChI=1S/C33H38N2O13/c1-13-28(40)18(35-11-19(38)17-6-14(37)10-34-17)7-23(47-13)48-21-9-33(45,22(39)12-36)8-16-25(21)32(44)27-26(30(16)42)29(41)15-4-3-5-20(46-2)24(15)31(27)43/h3-5,13-14,17-18,21,23,28,34-37,40,42,44-45H,6-12H2,1-2H3/t13?,14?,17-,18?,21?,23?,28?,33?/m0/s1. The molecule has 15 nitrogen and oxygen atoms in total. The molecular formula is C33H38N2O13. The Hall–Kier alpha value is -3.80. The van der Waals surface area contributed by atoms with E-state index in [1.807, 2.05) is 0 Å². The van der Waals surface area contributed by atoms with E-state index in [1.54, 1.807) is 6.92 Å². The van der Waals surface area contributed by atoms with E-state index in [2.05, 4.69) is 10.6 Å². The summed E-state index contributed by atoms with van der Waals surface area (Å²) >= 11 is 0. The van der Waals surface area contributed by atoms with Crippen molar-refractivity contribution in [2.75, 3.05) is 26.8 Å². The number of carbonyl (C=O) groups is 4. The predicted molar refractivity (Wildman–Crippen MR) is 163 cm³/mol. The van der Waals surface area contributed by atoms with E-state index in [4.69, 9.17) is 14.2 Å². The summed E-state index contributed by atoms with van der Waals surface area (Å²) in [7, 11) is 1.31. The number of carbonyl (C=O) groups excluding carboxylic acids is 4. The summed E-state index contributed by atoms with van der Waals surface area (Å²) in [4.78, 5) is 53.1. The van der Waals surface area contributed by atoms with Crippen LogP contribution in [0.4, 0.5) is 0 Å². The van der Waals surface area contributed by atoms with Crippen molar-refractivity contribution in [1.29, 1.82) is 0 Å². The summed E-state index contributed by atoms with van der Waals surface area (Å²) in [6.45, 7) is 0.671. The Morgan fingerprint density at radius 1 is 1.08 bits per heavy atom. The van der Waals surface area contributed by atoms with Gasteiger partial charge in [0.25, 0.3) is 0 Å². The number of aliphatic hydroxyl groups is 4. The molecule has 0 amide bonds. The number of benzene rings is 2. The zero-order valence-electron chi connectivity index (χ0n) is 26.3. The fourth-order valence-corrected chi connectivity index (χ4v) is 7.24. The highest BCUT2D eigenvalue weighted by Crippen LogP contribution is 2.52. The summed E-state index contributed by atoms with van der Waals surface area (Å²) in [5.74, 6) is -4.19. The van der Waals surface area contributed by atoms with Gasteiger partial charge in [0.2, 0.25) is 5.78 Å². The van der Waals surface area contributed by atoms with Crippen molar-refractivity contribution in [3.63, 3.8) is 0 Å². The first-order valence-electron chi connectivity index (χ1n) is 15.7. The van der Waals surface area contributed by atoms with Crippen LogP contribution in [0.3, 0.4) is 0 Å². The molecular weight excluding hydrogens is 632 g/mol. The van der Waals surface area contributed by atoms with Crippen LogP contribution in [-0.4, -0.2) is 123 Å². The van der Waals surface area contributed by atoms with Crippen molar-refractivity contribution in [2.24, 2.45) is 0 Å². The number of ether oxygens (including phenoxy) is 3. The minimum absolute atomic E-state index is 0.0443. The molecule has 4 aliphatic rings. The predicted octanol–water partition coefficient (Wildman–Crippen LogP) is -1.08. The lowest BCUT2D eigenvalue weighted by molar-refractivity contribution is -0.249. The summed E-state index contributed by atoms with van der Waals surface area (Å²) in [5.41, 5.74) is -3.90. The number of aliphatic hydroxyl groups excluding tert-OH is 3. The Balaban J connectivity index is 1.35. The number of nitrogens with one attached hydrogen (secondary N) is 2. The summed E-state index contributed by atoms with van der Waals surface area (Å²) in [6.07, 6.45) is -6.06. The second-order valence-electron chi connectivity index (χ2n) is 12.8. The smallest absolute Gasteiger partial charge is 0.202 e. The molecule has 2 fully saturated rings. The number of phenolic OH excluding ortho intramolecular Hbond substituents is 2. The molecule has 2 saturated heterocycles. The van der Waals surface area contributed by atoms with Crippen molar-refractivity contribution in [1.82, 2.24) is 10.6 Å². The first kappa shape index (κ1) is 34.1. The highest BCUT2D eigenvalue weighted by atomic mass is 16.7. The minimum atomic E-state index is -2.31. The van der Waals surface area contributed by atoms with E-state index in [1.165, 1.54) is 25.3 Å². The molecule has 0 aromatic heterocycles. The third-order valence-corrected chi connectivity index (χ3v) is 9.80. The molecule has 15 heteroatoms. The van der Waals surface area contributed by atoms with E-state index in [-0.39, 0.29) is 53.2 Å². The van der Waals surface area contributed by atoms with E-state index in [0.29, 0.717) is 6.54 Å². The third-order valence-electron chi connectivity index (χ3n) is 9.80. The molecule has 2 aliphatic heterocycles. The number of β-amino-alcohol motifs (C(OH)–C–C–N with tert-alkyl or cyclic N) is 1. The van der Waals surface area contributed by atoms with Crippen molar-refractivity contribution in [3.8, 4) is 17.2 Å². The second-order valence-corrected chi connectivity index (χ2v) is 12.8. The molecule has 0 saturated carbocycles. The summed E-state index contributed by atoms with van der Waals surface area (Å²) in [6, 6.07) is 3.05. The maximum atomic E-state index is 13.8. The summed E-state index contributed by atoms with van der Waals surface area (Å²) in [5, 5.41) is 70.9. The van der Waals surface area contributed by atoms with E-state index in [0.717, 1.165) is 0 Å². The average molecular weight is 671 g/mol. The number of fused-ring (bicyclic) bond motifs is 3. The van der Waals surface area contributed by atoms with Crippen LogP contribution in [0.15, 0.2) is 18.2 Å². The van der Waals surface area contributed by atoms with E-state index >= 15 is 0 Å². The van der Waals surface area contributed by atoms with Gasteiger partial charge in [-0.25, -0.2) is 0 Å². The van der Waals surface area contributed by atoms with Gasteiger partial charge in [0.05, 0.1) is 60.8 Å².